The first-order chi connectivity index (χ1) is 8.63. The molecule has 0 aromatic heterocycles. The maximum atomic E-state index is 9.59. The third kappa shape index (κ3) is 5.32. The molecule has 100 valence electrons. The van der Waals surface area contributed by atoms with Gasteiger partial charge in [0.1, 0.15) is 0 Å². The number of nitrogens with two attached hydrogens (primary N) is 2. The van der Waals surface area contributed by atoms with Gasteiger partial charge in [-0.25, -0.2) is 0 Å². The predicted octanol–water partition coefficient (Wildman–Crippen LogP) is 2.55. The Balaban J connectivity index is 0.000000280. The summed E-state index contributed by atoms with van der Waals surface area (Å²) in [5.41, 5.74) is 12.0. The van der Waals surface area contributed by atoms with Crippen molar-refractivity contribution >= 4 is 5.91 Å². The van der Waals surface area contributed by atoms with Gasteiger partial charge in [0.25, 0.3) is 0 Å². The molecule has 0 aliphatic heterocycles. The highest BCUT2D eigenvalue weighted by Gasteiger charge is 2.19. The number of rotatable bonds is 2. The SMILES string of the molecule is CCC(N)=O.NC1CCC(c2ccccc2)CC1. The molecule has 0 atom stereocenters. The number of primary amides is 1. The van der Waals surface area contributed by atoms with Gasteiger partial charge in [-0.15, -0.1) is 0 Å². The summed E-state index contributed by atoms with van der Waals surface area (Å²) in [6, 6.07) is 11.3. The van der Waals surface area contributed by atoms with E-state index in [-0.39, 0.29) is 5.91 Å². The van der Waals surface area contributed by atoms with E-state index in [0.717, 1.165) is 5.92 Å². The van der Waals surface area contributed by atoms with Crippen molar-refractivity contribution in [3.63, 3.8) is 0 Å². The summed E-state index contributed by atoms with van der Waals surface area (Å²) in [5.74, 6) is 0.519. The van der Waals surface area contributed by atoms with Crippen LogP contribution in [0.3, 0.4) is 0 Å². The summed E-state index contributed by atoms with van der Waals surface area (Å²) in [6.07, 6.45) is 5.37. The number of carbonyl (C=O) groups is 1. The van der Waals surface area contributed by atoms with E-state index in [1.54, 1.807) is 6.92 Å². The Kier molecular flexibility index (Phi) is 6.44. The fourth-order valence-corrected chi connectivity index (χ4v) is 2.18. The minimum Gasteiger partial charge on any atom is -0.370 e. The van der Waals surface area contributed by atoms with E-state index in [2.05, 4.69) is 36.1 Å². The van der Waals surface area contributed by atoms with Crippen LogP contribution in [0.15, 0.2) is 30.3 Å². The molecule has 1 fully saturated rings. The first kappa shape index (κ1) is 14.7. The molecule has 18 heavy (non-hydrogen) atoms. The lowest BCUT2D eigenvalue weighted by Gasteiger charge is -2.26. The van der Waals surface area contributed by atoms with Crippen molar-refractivity contribution < 1.29 is 4.79 Å². The average molecular weight is 248 g/mol. The van der Waals surface area contributed by atoms with Crippen molar-refractivity contribution in [2.45, 2.75) is 51.0 Å². The van der Waals surface area contributed by atoms with Crippen LogP contribution < -0.4 is 11.5 Å². The average Bonchev–Trinajstić information content (AvgIpc) is 2.41. The molecule has 0 spiro atoms. The molecule has 0 radical (unpaired) electrons. The van der Waals surface area contributed by atoms with Crippen LogP contribution in [-0.4, -0.2) is 11.9 Å². The second-order valence-electron chi connectivity index (χ2n) is 4.84. The van der Waals surface area contributed by atoms with Gasteiger partial charge in [0.05, 0.1) is 0 Å². The van der Waals surface area contributed by atoms with E-state index in [0.29, 0.717) is 12.5 Å². The fourth-order valence-electron chi connectivity index (χ4n) is 2.18. The zero-order valence-corrected chi connectivity index (χ0v) is 11.1. The van der Waals surface area contributed by atoms with Crippen molar-refractivity contribution in [2.75, 3.05) is 0 Å². The molecule has 1 aromatic rings. The minimum absolute atomic E-state index is 0.245. The molecule has 0 heterocycles. The van der Waals surface area contributed by atoms with E-state index in [4.69, 9.17) is 5.73 Å². The van der Waals surface area contributed by atoms with E-state index >= 15 is 0 Å². The molecule has 2 rings (SSSR count). The number of amides is 1. The molecule has 0 saturated heterocycles. The zero-order chi connectivity index (χ0) is 13.4. The molecule has 1 amide bonds. The van der Waals surface area contributed by atoms with Gasteiger partial charge >= 0.3 is 0 Å². The Bertz CT molecular complexity index is 343. The van der Waals surface area contributed by atoms with Gasteiger partial charge in [0, 0.05) is 12.5 Å². The van der Waals surface area contributed by atoms with Crippen LogP contribution in [0.1, 0.15) is 50.5 Å². The summed E-state index contributed by atoms with van der Waals surface area (Å²) < 4.78 is 0. The van der Waals surface area contributed by atoms with Crippen LogP contribution in [0.25, 0.3) is 0 Å². The highest BCUT2D eigenvalue weighted by molar-refractivity contribution is 5.73. The number of benzene rings is 1. The quantitative estimate of drug-likeness (QED) is 0.844. The lowest BCUT2D eigenvalue weighted by atomic mass is 9.82. The standard InChI is InChI=1S/C12H17N.C3H7NO/c13-12-8-6-11(7-9-12)10-4-2-1-3-5-10;1-2-3(4)5/h1-5,11-12H,6-9,13H2;2H2,1H3,(H2,4,5). The van der Waals surface area contributed by atoms with Crippen molar-refractivity contribution in [1.82, 2.24) is 0 Å². The van der Waals surface area contributed by atoms with E-state index < -0.39 is 0 Å². The molecule has 1 aliphatic rings. The fraction of sp³-hybridized carbons (Fsp3) is 0.533. The van der Waals surface area contributed by atoms with E-state index in [1.165, 1.54) is 31.2 Å². The number of hydrogen-bond donors (Lipinski definition) is 2. The van der Waals surface area contributed by atoms with Crippen LogP contribution in [0, 0.1) is 0 Å². The summed E-state index contributed by atoms with van der Waals surface area (Å²) in [7, 11) is 0. The Morgan fingerprint density at radius 1 is 1.17 bits per heavy atom. The first-order valence-electron chi connectivity index (χ1n) is 6.72. The van der Waals surface area contributed by atoms with Gasteiger partial charge in [-0.05, 0) is 37.2 Å². The van der Waals surface area contributed by atoms with E-state index in [9.17, 15) is 4.79 Å². The first-order valence-corrected chi connectivity index (χ1v) is 6.72. The van der Waals surface area contributed by atoms with E-state index in [1.807, 2.05) is 0 Å². The van der Waals surface area contributed by atoms with Crippen molar-refractivity contribution in [3.05, 3.63) is 35.9 Å². The van der Waals surface area contributed by atoms with Crippen LogP contribution in [0.5, 0.6) is 0 Å². The monoisotopic (exact) mass is 248 g/mol. The highest BCUT2D eigenvalue weighted by Crippen LogP contribution is 2.31. The van der Waals surface area contributed by atoms with Gasteiger partial charge < -0.3 is 11.5 Å². The Labute approximate surface area is 110 Å². The smallest absolute Gasteiger partial charge is 0.217 e. The zero-order valence-electron chi connectivity index (χ0n) is 11.1. The van der Waals surface area contributed by atoms with Crippen LogP contribution in [0.2, 0.25) is 0 Å². The van der Waals surface area contributed by atoms with Gasteiger partial charge in [0.2, 0.25) is 5.91 Å². The summed E-state index contributed by atoms with van der Waals surface area (Å²) in [5, 5.41) is 0. The molecule has 0 bridgehead atoms. The summed E-state index contributed by atoms with van der Waals surface area (Å²) in [6.45, 7) is 1.72. The third-order valence-corrected chi connectivity index (χ3v) is 3.39. The molecular weight excluding hydrogens is 224 g/mol. The molecule has 1 saturated carbocycles. The predicted molar refractivity (Wildman–Crippen MR) is 75.1 cm³/mol. The Morgan fingerprint density at radius 3 is 2.11 bits per heavy atom. The molecule has 1 aliphatic carbocycles. The lowest BCUT2D eigenvalue weighted by Crippen LogP contribution is -2.25. The van der Waals surface area contributed by atoms with Gasteiger partial charge in [0.15, 0.2) is 0 Å². The summed E-state index contributed by atoms with van der Waals surface area (Å²) >= 11 is 0. The van der Waals surface area contributed by atoms with Crippen LogP contribution >= 0.6 is 0 Å². The maximum absolute atomic E-state index is 9.59. The molecule has 3 nitrogen and oxygen atoms in total. The topological polar surface area (TPSA) is 69.1 Å². The largest absolute Gasteiger partial charge is 0.370 e. The maximum Gasteiger partial charge on any atom is 0.217 e. The summed E-state index contributed by atoms with van der Waals surface area (Å²) in [4.78, 5) is 9.59. The molecule has 0 unspecified atom stereocenters. The lowest BCUT2D eigenvalue weighted by molar-refractivity contribution is -0.117. The van der Waals surface area contributed by atoms with Crippen LogP contribution in [0.4, 0.5) is 0 Å². The normalized spacial score (nSPS) is 22.8. The minimum atomic E-state index is -0.245. The molecule has 4 N–H and O–H groups in total. The highest BCUT2D eigenvalue weighted by atomic mass is 16.1. The van der Waals surface area contributed by atoms with Crippen molar-refractivity contribution in [1.29, 1.82) is 0 Å². The third-order valence-electron chi connectivity index (χ3n) is 3.39. The van der Waals surface area contributed by atoms with Gasteiger partial charge in [-0.1, -0.05) is 37.3 Å². The second-order valence-corrected chi connectivity index (χ2v) is 4.84. The van der Waals surface area contributed by atoms with Gasteiger partial charge in [-0.2, -0.15) is 0 Å². The molecule has 3 heteroatoms. The number of hydrogen-bond acceptors (Lipinski definition) is 2. The van der Waals surface area contributed by atoms with Crippen molar-refractivity contribution in [3.8, 4) is 0 Å². The number of carbonyl (C=O) groups excluding carboxylic acids is 1. The van der Waals surface area contributed by atoms with Crippen LogP contribution in [-0.2, 0) is 4.79 Å². The van der Waals surface area contributed by atoms with Crippen molar-refractivity contribution in [2.24, 2.45) is 11.5 Å². The Hall–Kier alpha value is -1.35. The van der Waals surface area contributed by atoms with Gasteiger partial charge in [-0.3, -0.25) is 4.79 Å². The second kappa shape index (κ2) is 7.88. The molecule has 1 aromatic carbocycles. The Morgan fingerprint density at radius 2 is 1.67 bits per heavy atom. The molecular formula is C15H24N2O.